The number of fused-ring (bicyclic) bond motifs is 12. The van der Waals surface area contributed by atoms with Gasteiger partial charge in [0.15, 0.2) is 0 Å². The smallest absolute Gasteiger partial charge is 0.0619 e. The first kappa shape index (κ1) is 17.7. The average Bonchev–Trinajstić information content (AvgIpc) is 3.09. The summed E-state index contributed by atoms with van der Waals surface area (Å²) in [6.07, 6.45) is 0. The van der Waals surface area contributed by atoms with Crippen molar-refractivity contribution in [3.63, 3.8) is 0 Å². The Balaban J connectivity index is 1.78. The highest BCUT2D eigenvalue weighted by Gasteiger charge is 2.49. The van der Waals surface area contributed by atoms with Crippen LogP contribution in [-0.2, 0) is 5.41 Å². The molecule has 0 saturated carbocycles. The lowest BCUT2D eigenvalue weighted by Gasteiger charge is -2.35. The minimum Gasteiger partial charge on any atom is -0.0619 e. The molecule has 5 aromatic carbocycles. The highest BCUT2D eigenvalue weighted by Crippen LogP contribution is 2.61. The second kappa shape index (κ2) is 6.31. The van der Waals surface area contributed by atoms with Crippen molar-refractivity contribution in [2.45, 2.75) is 12.3 Å². The minimum absolute atomic E-state index is 0.341. The van der Waals surface area contributed by atoms with E-state index >= 15 is 0 Å². The molecule has 0 unspecified atom stereocenters. The molecule has 0 atom stereocenters. The van der Waals surface area contributed by atoms with Crippen molar-refractivity contribution in [3.8, 4) is 33.4 Å². The van der Waals surface area contributed by atoms with E-state index in [2.05, 4.69) is 122 Å². The summed E-state index contributed by atoms with van der Waals surface area (Å²) in [5.41, 5.74) is 14.4. The maximum Gasteiger partial charge on any atom is 0.0725 e. The zero-order chi connectivity index (χ0) is 21.3. The van der Waals surface area contributed by atoms with Crippen LogP contribution in [0.3, 0.4) is 0 Å². The van der Waals surface area contributed by atoms with Crippen LogP contribution in [0.1, 0.15) is 27.8 Å². The summed E-state index contributed by atoms with van der Waals surface area (Å²) in [5.74, 6) is 0. The van der Waals surface area contributed by atoms with E-state index in [4.69, 9.17) is 0 Å². The van der Waals surface area contributed by atoms with E-state index in [9.17, 15) is 0 Å². The van der Waals surface area contributed by atoms with E-state index < -0.39 is 0 Å². The molecule has 32 heavy (non-hydrogen) atoms. The zero-order valence-corrected chi connectivity index (χ0v) is 18.0. The molecule has 0 N–H and O–H groups in total. The molecule has 0 radical (unpaired) electrons. The molecule has 5 aromatic rings. The molecule has 0 aromatic heterocycles. The predicted molar refractivity (Wildman–Crippen MR) is 133 cm³/mol. The normalized spacial score (nSPS) is 14.0. The second-order valence-corrected chi connectivity index (χ2v) is 8.98. The fourth-order valence-corrected chi connectivity index (χ4v) is 6.17. The minimum atomic E-state index is -0.341. The van der Waals surface area contributed by atoms with E-state index in [-0.39, 0.29) is 5.41 Å². The van der Waals surface area contributed by atoms with Crippen molar-refractivity contribution in [2.75, 3.05) is 0 Å². The van der Waals surface area contributed by atoms with E-state index in [0.29, 0.717) is 0 Å². The van der Waals surface area contributed by atoms with Crippen LogP contribution >= 0.6 is 0 Å². The molecule has 0 heterocycles. The van der Waals surface area contributed by atoms with Crippen molar-refractivity contribution in [2.24, 2.45) is 0 Å². The number of hydrogen-bond donors (Lipinski definition) is 0. The van der Waals surface area contributed by atoms with Gasteiger partial charge in [0, 0.05) is 0 Å². The first-order valence-corrected chi connectivity index (χ1v) is 11.3. The predicted octanol–water partition coefficient (Wildman–Crippen LogP) is 8.01. The summed E-state index contributed by atoms with van der Waals surface area (Å²) < 4.78 is 0. The monoisotopic (exact) mass is 406 g/mol. The lowest BCUT2D eigenvalue weighted by atomic mass is 9.66. The lowest BCUT2D eigenvalue weighted by molar-refractivity contribution is 0.775. The molecule has 0 heteroatoms. The Morgan fingerprint density at radius 2 is 0.750 bits per heavy atom. The summed E-state index contributed by atoms with van der Waals surface area (Å²) in [6.45, 7) is 2.20. The molecular formula is C32H22. The summed E-state index contributed by atoms with van der Waals surface area (Å²) >= 11 is 0. The summed E-state index contributed by atoms with van der Waals surface area (Å²) in [4.78, 5) is 0. The Kier molecular flexibility index (Phi) is 3.50. The Hall–Kier alpha value is -3.90. The van der Waals surface area contributed by atoms with Crippen LogP contribution in [-0.4, -0.2) is 0 Å². The van der Waals surface area contributed by atoms with Crippen molar-refractivity contribution in [1.29, 1.82) is 0 Å². The molecule has 7 rings (SSSR count). The van der Waals surface area contributed by atoms with Gasteiger partial charge in [-0.1, -0.05) is 121 Å². The molecule has 0 fully saturated rings. The standard InChI is InChI=1S/C32H22/c1-21-18-19-31-27(20-21)23-11-3-2-10-22(23)24-12-4-7-15-28(24)32(31)29-16-8-5-13-25(29)26-14-6-9-17-30(26)32/h2-20H,1H3. The third-order valence-corrected chi connectivity index (χ3v) is 7.37. The Labute approximate surface area is 188 Å². The Morgan fingerprint density at radius 1 is 0.375 bits per heavy atom. The SMILES string of the molecule is Cc1ccc2c(c1)-c1ccccc1-c1ccccc1C21c2ccccc2-c2ccccc21. The van der Waals surface area contributed by atoms with Crippen LogP contribution in [0.5, 0.6) is 0 Å². The molecule has 2 aliphatic carbocycles. The van der Waals surface area contributed by atoms with Crippen molar-refractivity contribution >= 4 is 0 Å². The fourth-order valence-electron chi connectivity index (χ4n) is 6.17. The van der Waals surface area contributed by atoms with Gasteiger partial charge in [0.2, 0.25) is 0 Å². The molecule has 150 valence electrons. The third kappa shape index (κ3) is 2.07. The first-order chi connectivity index (χ1) is 15.8. The highest BCUT2D eigenvalue weighted by molar-refractivity contribution is 5.97. The maximum atomic E-state index is 2.38. The first-order valence-electron chi connectivity index (χ1n) is 11.3. The second-order valence-electron chi connectivity index (χ2n) is 8.98. The van der Waals surface area contributed by atoms with Crippen molar-refractivity contribution in [1.82, 2.24) is 0 Å². The van der Waals surface area contributed by atoms with Gasteiger partial charge in [-0.15, -0.1) is 0 Å². The van der Waals surface area contributed by atoms with Crippen molar-refractivity contribution in [3.05, 3.63) is 143 Å². The van der Waals surface area contributed by atoms with Crippen LogP contribution in [0.2, 0.25) is 0 Å². The molecule has 0 amide bonds. The van der Waals surface area contributed by atoms with Crippen LogP contribution < -0.4 is 0 Å². The van der Waals surface area contributed by atoms with Gasteiger partial charge in [0.25, 0.3) is 0 Å². The number of rotatable bonds is 0. The largest absolute Gasteiger partial charge is 0.0725 e. The van der Waals surface area contributed by atoms with Crippen molar-refractivity contribution < 1.29 is 0 Å². The zero-order valence-electron chi connectivity index (χ0n) is 18.0. The van der Waals surface area contributed by atoms with Crippen LogP contribution in [0.4, 0.5) is 0 Å². The number of aryl methyl sites for hydroxylation is 1. The Morgan fingerprint density at radius 3 is 1.28 bits per heavy atom. The van der Waals surface area contributed by atoms with Gasteiger partial charge in [-0.05, 0) is 62.6 Å². The molecular weight excluding hydrogens is 384 g/mol. The Bertz CT molecular complexity index is 1490. The lowest BCUT2D eigenvalue weighted by Crippen LogP contribution is -2.29. The number of benzene rings is 5. The maximum absolute atomic E-state index is 2.38. The summed E-state index contributed by atoms with van der Waals surface area (Å²) in [5, 5.41) is 0. The number of hydrogen-bond acceptors (Lipinski definition) is 0. The van der Waals surface area contributed by atoms with Crippen LogP contribution in [0.15, 0.2) is 115 Å². The average molecular weight is 407 g/mol. The van der Waals surface area contributed by atoms with Gasteiger partial charge in [-0.3, -0.25) is 0 Å². The molecule has 0 nitrogen and oxygen atoms in total. The van der Waals surface area contributed by atoms with Crippen LogP contribution in [0.25, 0.3) is 33.4 Å². The van der Waals surface area contributed by atoms with Crippen LogP contribution in [0, 0.1) is 6.92 Å². The van der Waals surface area contributed by atoms with Gasteiger partial charge in [-0.25, -0.2) is 0 Å². The van der Waals surface area contributed by atoms with E-state index in [1.165, 1.54) is 61.2 Å². The van der Waals surface area contributed by atoms with Gasteiger partial charge < -0.3 is 0 Å². The highest BCUT2D eigenvalue weighted by atomic mass is 14.5. The molecule has 0 saturated heterocycles. The molecule has 0 bridgehead atoms. The van der Waals surface area contributed by atoms with Gasteiger partial charge in [-0.2, -0.15) is 0 Å². The third-order valence-electron chi connectivity index (χ3n) is 7.37. The summed E-state index contributed by atoms with van der Waals surface area (Å²) in [7, 11) is 0. The van der Waals surface area contributed by atoms with Gasteiger partial charge in [0.1, 0.15) is 0 Å². The molecule has 1 spiro atoms. The van der Waals surface area contributed by atoms with Gasteiger partial charge in [0.05, 0.1) is 5.41 Å². The van der Waals surface area contributed by atoms with E-state index in [0.717, 1.165) is 0 Å². The van der Waals surface area contributed by atoms with E-state index in [1.807, 2.05) is 0 Å². The molecule has 0 aliphatic heterocycles. The fraction of sp³-hybridized carbons (Fsp3) is 0.0625. The molecule has 2 aliphatic rings. The summed E-state index contributed by atoms with van der Waals surface area (Å²) in [6, 6.07) is 43.0. The quantitative estimate of drug-likeness (QED) is 0.239. The van der Waals surface area contributed by atoms with E-state index in [1.54, 1.807) is 0 Å². The van der Waals surface area contributed by atoms with Gasteiger partial charge >= 0.3 is 0 Å². The topological polar surface area (TPSA) is 0 Å².